The zero-order valence-corrected chi connectivity index (χ0v) is 17.6. The second-order valence-electron chi connectivity index (χ2n) is 7.54. The molecule has 0 unspecified atom stereocenters. The lowest BCUT2D eigenvalue weighted by Crippen LogP contribution is -2.42. The van der Waals surface area contributed by atoms with Gasteiger partial charge in [0.05, 0.1) is 19.3 Å². The Morgan fingerprint density at radius 2 is 1.62 bits per heavy atom. The van der Waals surface area contributed by atoms with Gasteiger partial charge in [-0.05, 0) is 18.1 Å². The minimum Gasteiger partial charge on any atom is -0.309 e. The molecule has 2 aromatic heterocycles. The summed E-state index contributed by atoms with van der Waals surface area (Å²) in [5.41, 5.74) is 2.06. The molecular weight excluding hydrogens is 406 g/mol. The summed E-state index contributed by atoms with van der Waals surface area (Å²) >= 11 is 0. The molecule has 4 aromatic rings. The highest BCUT2D eigenvalue weighted by Crippen LogP contribution is 2.11. The first-order chi connectivity index (χ1) is 15.5. The van der Waals surface area contributed by atoms with Gasteiger partial charge in [0.25, 0.3) is 5.56 Å². The van der Waals surface area contributed by atoms with Gasteiger partial charge in [0.15, 0.2) is 0 Å². The molecule has 8 heteroatoms. The Morgan fingerprint density at radius 1 is 0.906 bits per heavy atom. The fraction of sp³-hybridized carbons (Fsp3) is 0.167. The lowest BCUT2D eigenvalue weighted by atomic mass is 10.1. The summed E-state index contributed by atoms with van der Waals surface area (Å²) in [6.45, 7) is 2.43. The first kappa shape index (κ1) is 21.0. The highest BCUT2D eigenvalue weighted by Gasteiger charge is 2.13. The second-order valence-corrected chi connectivity index (χ2v) is 7.54. The van der Waals surface area contributed by atoms with Crippen LogP contribution in [0.2, 0.25) is 0 Å². The molecule has 0 fully saturated rings. The predicted octanol–water partition coefficient (Wildman–Crippen LogP) is 2.25. The van der Waals surface area contributed by atoms with Crippen LogP contribution < -0.4 is 16.6 Å². The molecule has 0 saturated carbocycles. The first-order valence-corrected chi connectivity index (χ1v) is 10.2. The predicted molar refractivity (Wildman–Crippen MR) is 122 cm³/mol. The van der Waals surface area contributed by atoms with Gasteiger partial charge < -0.3 is 5.32 Å². The maximum atomic E-state index is 12.8. The molecule has 162 valence electrons. The van der Waals surface area contributed by atoms with Gasteiger partial charge in [0.2, 0.25) is 5.91 Å². The molecule has 2 heterocycles. The van der Waals surface area contributed by atoms with Crippen LogP contribution in [-0.2, 0) is 24.4 Å². The number of nitrogens with zero attached hydrogens (tertiary/aromatic N) is 4. The van der Waals surface area contributed by atoms with E-state index in [1.807, 2.05) is 61.5 Å². The van der Waals surface area contributed by atoms with Crippen LogP contribution in [-0.4, -0.2) is 24.8 Å². The maximum absolute atomic E-state index is 12.8. The average molecular weight is 429 g/mol. The molecule has 2 aromatic carbocycles. The number of amides is 1. The monoisotopic (exact) mass is 429 g/mol. The van der Waals surface area contributed by atoms with Crippen molar-refractivity contribution in [2.75, 3.05) is 5.32 Å². The molecule has 0 aliphatic carbocycles. The number of benzene rings is 2. The van der Waals surface area contributed by atoms with Crippen molar-refractivity contribution < 1.29 is 4.79 Å². The number of rotatable bonds is 7. The van der Waals surface area contributed by atoms with E-state index < -0.39 is 17.2 Å². The van der Waals surface area contributed by atoms with Gasteiger partial charge in [-0.3, -0.25) is 18.7 Å². The summed E-state index contributed by atoms with van der Waals surface area (Å²) in [5.74, 6) is 0.0106. The SMILES string of the molecule is Cc1ccc(Cn2nccc2NC(=O)Cn2c(=O)ccn(Cc3ccccc3)c2=O)cc1. The van der Waals surface area contributed by atoms with Crippen LogP contribution >= 0.6 is 0 Å². The van der Waals surface area contributed by atoms with E-state index in [4.69, 9.17) is 0 Å². The molecule has 0 bridgehead atoms. The lowest BCUT2D eigenvalue weighted by Gasteiger charge is -2.12. The van der Waals surface area contributed by atoms with E-state index in [0.29, 0.717) is 18.9 Å². The van der Waals surface area contributed by atoms with Crippen LogP contribution in [0.15, 0.2) is 88.7 Å². The Balaban J connectivity index is 1.49. The van der Waals surface area contributed by atoms with Crippen molar-refractivity contribution >= 4 is 11.7 Å². The van der Waals surface area contributed by atoms with E-state index >= 15 is 0 Å². The molecule has 0 aliphatic heterocycles. The van der Waals surface area contributed by atoms with E-state index in [-0.39, 0.29) is 6.54 Å². The Bertz CT molecular complexity index is 1330. The van der Waals surface area contributed by atoms with Crippen molar-refractivity contribution in [2.24, 2.45) is 0 Å². The highest BCUT2D eigenvalue weighted by molar-refractivity contribution is 5.89. The third kappa shape index (κ3) is 4.92. The minimum atomic E-state index is -0.537. The molecule has 0 spiro atoms. The van der Waals surface area contributed by atoms with E-state index in [2.05, 4.69) is 10.4 Å². The van der Waals surface area contributed by atoms with Gasteiger partial charge in [-0.15, -0.1) is 0 Å². The average Bonchev–Trinajstić information content (AvgIpc) is 3.22. The van der Waals surface area contributed by atoms with E-state index in [1.165, 1.54) is 16.8 Å². The Kier molecular flexibility index (Phi) is 6.12. The number of anilines is 1. The summed E-state index contributed by atoms with van der Waals surface area (Å²) in [4.78, 5) is 37.7. The summed E-state index contributed by atoms with van der Waals surface area (Å²) < 4.78 is 3.99. The van der Waals surface area contributed by atoms with Gasteiger partial charge in [-0.25, -0.2) is 9.48 Å². The van der Waals surface area contributed by atoms with Crippen molar-refractivity contribution in [1.29, 1.82) is 0 Å². The minimum absolute atomic E-state index is 0.310. The number of aryl methyl sites for hydroxylation is 1. The molecule has 4 rings (SSSR count). The first-order valence-electron chi connectivity index (χ1n) is 10.2. The molecule has 0 saturated heterocycles. The molecule has 0 aliphatic rings. The maximum Gasteiger partial charge on any atom is 0.331 e. The number of nitrogens with one attached hydrogen (secondary N) is 1. The van der Waals surface area contributed by atoms with Crippen molar-refractivity contribution in [1.82, 2.24) is 18.9 Å². The second kappa shape index (κ2) is 9.30. The van der Waals surface area contributed by atoms with Gasteiger partial charge in [0.1, 0.15) is 12.4 Å². The number of carbonyl (C=O) groups is 1. The fourth-order valence-corrected chi connectivity index (χ4v) is 3.36. The normalized spacial score (nSPS) is 10.8. The summed E-state index contributed by atoms with van der Waals surface area (Å²) in [7, 11) is 0. The molecular formula is C24H23N5O3. The third-order valence-corrected chi connectivity index (χ3v) is 5.07. The van der Waals surface area contributed by atoms with E-state index in [1.54, 1.807) is 16.9 Å². The van der Waals surface area contributed by atoms with Crippen molar-refractivity contribution in [3.63, 3.8) is 0 Å². The Hall–Kier alpha value is -4.20. The van der Waals surface area contributed by atoms with Crippen LogP contribution in [0.3, 0.4) is 0 Å². The van der Waals surface area contributed by atoms with Crippen LogP contribution in [0.5, 0.6) is 0 Å². The zero-order chi connectivity index (χ0) is 22.5. The standard InChI is InChI=1S/C24H23N5O3/c1-18-7-9-20(10-8-18)16-29-21(11-13-25-29)26-22(30)17-28-23(31)12-14-27(24(28)32)15-19-5-3-2-4-6-19/h2-14H,15-17H2,1H3,(H,26,30). The van der Waals surface area contributed by atoms with Gasteiger partial charge in [-0.1, -0.05) is 60.2 Å². The number of hydrogen-bond donors (Lipinski definition) is 1. The van der Waals surface area contributed by atoms with Crippen LogP contribution in [0.25, 0.3) is 0 Å². The van der Waals surface area contributed by atoms with Crippen molar-refractivity contribution in [3.8, 4) is 0 Å². The third-order valence-electron chi connectivity index (χ3n) is 5.07. The molecule has 1 N–H and O–H groups in total. The van der Waals surface area contributed by atoms with Gasteiger partial charge in [0, 0.05) is 18.3 Å². The van der Waals surface area contributed by atoms with Crippen LogP contribution in [0, 0.1) is 6.92 Å². The van der Waals surface area contributed by atoms with Gasteiger partial charge >= 0.3 is 5.69 Å². The highest BCUT2D eigenvalue weighted by atomic mass is 16.2. The molecule has 0 radical (unpaired) electrons. The van der Waals surface area contributed by atoms with Crippen LogP contribution in [0.1, 0.15) is 16.7 Å². The summed E-state index contributed by atoms with van der Waals surface area (Å²) in [5, 5.41) is 7.01. The van der Waals surface area contributed by atoms with E-state index in [9.17, 15) is 14.4 Å². The Morgan fingerprint density at radius 3 is 2.38 bits per heavy atom. The van der Waals surface area contributed by atoms with E-state index in [0.717, 1.165) is 21.3 Å². The van der Waals surface area contributed by atoms with Crippen molar-refractivity contribution in [2.45, 2.75) is 26.6 Å². The number of aromatic nitrogens is 4. The molecule has 32 heavy (non-hydrogen) atoms. The summed E-state index contributed by atoms with van der Waals surface area (Å²) in [6.07, 6.45) is 3.04. The molecule has 0 atom stereocenters. The topological polar surface area (TPSA) is 90.9 Å². The summed E-state index contributed by atoms with van der Waals surface area (Å²) in [6, 6.07) is 20.4. The lowest BCUT2D eigenvalue weighted by molar-refractivity contribution is -0.116. The Labute approximate surface area is 184 Å². The quantitative estimate of drug-likeness (QED) is 0.488. The molecule has 8 nitrogen and oxygen atoms in total. The van der Waals surface area contributed by atoms with Crippen LogP contribution in [0.4, 0.5) is 5.82 Å². The van der Waals surface area contributed by atoms with Crippen molar-refractivity contribution in [3.05, 3.63) is 117 Å². The smallest absolute Gasteiger partial charge is 0.309 e. The molecule has 1 amide bonds. The zero-order valence-electron chi connectivity index (χ0n) is 17.6. The number of hydrogen-bond acceptors (Lipinski definition) is 4. The fourth-order valence-electron chi connectivity index (χ4n) is 3.36. The van der Waals surface area contributed by atoms with Gasteiger partial charge in [-0.2, -0.15) is 5.10 Å². The largest absolute Gasteiger partial charge is 0.331 e. The number of carbonyl (C=O) groups excluding carboxylic acids is 1.